The van der Waals surface area contributed by atoms with E-state index in [1.807, 2.05) is 0 Å². The third-order valence-electron chi connectivity index (χ3n) is 3.87. The fraction of sp³-hybridized carbons (Fsp3) is 0.278. The summed E-state index contributed by atoms with van der Waals surface area (Å²) in [5, 5.41) is 12.0. The monoisotopic (exact) mass is 378 g/mol. The number of nitrogens with zero attached hydrogens (tertiary/aromatic N) is 1. The minimum Gasteiger partial charge on any atom is -0.508 e. The van der Waals surface area contributed by atoms with Gasteiger partial charge in [-0.15, -0.1) is 0 Å². The lowest BCUT2D eigenvalue weighted by atomic mass is 10.2. The molecule has 8 heteroatoms. The van der Waals surface area contributed by atoms with Crippen LogP contribution in [0.15, 0.2) is 47.4 Å². The number of ether oxygens (including phenoxy) is 1. The highest BCUT2D eigenvalue weighted by atomic mass is 32.2. The van der Waals surface area contributed by atoms with Crippen LogP contribution >= 0.6 is 0 Å². The second kappa shape index (κ2) is 8.20. The van der Waals surface area contributed by atoms with Gasteiger partial charge in [0, 0.05) is 24.3 Å². The molecule has 0 aromatic heterocycles. The average Bonchev–Trinajstić information content (AvgIpc) is 2.63. The molecule has 0 fully saturated rings. The number of aromatic hydroxyl groups is 1. The molecule has 26 heavy (non-hydrogen) atoms. The Bertz CT molecular complexity index is 875. The third-order valence-corrected chi connectivity index (χ3v) is 5.95. The number of benzene rings is 2. The maximum Gasteiger partial charge on any atom is 0.255 e. The van der Waals surface area contributed by atoms with Crippen LogP contribution in [0.25, 0.3) is 0 Å². The first-order chi connectivity index (χ1) is 12.3. The van der Waals surface area contributed by atoms with E-state index in [9.17, 15) is 18.3 Å². The summed E-state index contributed by atoms with van der Waals surface area (Å²) in [6.07, 6.45) is 0. The molecule has 0 spiro atoms. The molecule has 2 aromatic rings. The van der Waals surface area contributed by atoms with Gasteiger partial charge >= 0.3 is 0 Å². The zero-order valence-electron chi connectivity index (χ0n) is 14.9. The zero-order chi connectivity index (χ0) is 19.3. The number of nitrogens with one attached hydrogen (secondary N) is 1. The van der Waals surface area contributed by atoms with Crippen LogP contribution in [-0.4, -0.2) is 43.9 Å². The van der Waals surface area contributed by atoms with Crippen molar-refractivity contribution in [3.05, 3.63) is 48.0 Å². The Morgan fingerprint density at radius 2 is 1.73 bits per heavy atom. The maximum absolute atomic E-state index is 12.8. The van der Waals surface area contributed by atoms with E-state index in [1.165, 1.54) is 41.7 Å². The number of anilines is 1. The van der Waals surface area contributed by atoms with Gasteiger partial charge in [0.25, 0.3) is 5.91 Å². The minimum atomic E-state index is -3.78. The second-order valence-electron chi connectivity index (χ2n) is 5.46. The van der Waals surface area contributed by atoms with Gasteiger partial charge < -0.3 is 15.2 Å². The molecular weight excluding hydrogens is 356 g/mol. The molecule has 2 aromatic carbocycles. The average molecular weight is 378 g/mol. The van der Waals surface area contributed by atoms with Crippen LogP contribution in [0.1, 0.15) is 24.2 Å². The molecule has 2 rings (SSSR count). The molecule has 0 saturated heterocycles. The van der Waals surface area contributed by atoms with Crippen LogP contribution < -0.4 is 10.1 Å². The largest absolute Gasteiger partial charge is 0.508 e. The summed E-state index contributed by atoms with van der Waals surface area (Å²) >= 11 is 0. The SMILES string of the molecule is CCN(CC)S(=O)(=O)c1cc(C(=O)Nc2ccc(O)cc2)ccc1OC. The van der Waals surface area contributed by atoms with Crippen LogP contribution in [0, 0.1) is 0 Å². The van der Waals surface area contributed by atoms with Crippen LogP contribution in [0.2, 0.25) is 0 Å². The van der Waals surface area contributed by atoms with Crippen LogP contribution in [0.3, 0.4) is 0 Å². The number of carbonyl (C=O) groups is 1. The van der Waals surface area contributed by atoms with Crippen LogP contribution in [0.5, 0.6) is 11.5 Å². The highest BCUT2D eigenvalue weighted by Gasteiger charge is 2.26. The number of carbonyl (C=O) groups excluding carboxylic acids is 1. The predicted octanol–water partition coefficient (Wildman–Crippen LogP) is 2.68. The van der Waals surface area contributed by atoms with Gasteiger partial charge in [0.15, 0.2) is 0 Å². The Hall–Kier alpha value is -2.58. The fourth-order valence-corrected chi connectivity index (χ4v) is 4.11. The Labute approximate surface area is 153 Å². The number of hydrogen-bond acceptors (Lipinski definition) is 5. The topological polar surface area (TPSA) is 95.9 Å². The van der Waals surface area contributed by atoms with E-state index in [-0.39, 0.29) is 22.0 Å². The number of amides is 1. The van der Waals surface area contributed by atoms with Gasteiger partial charge in [-0.25, -0.2) is 8.42 Å². The van der Waals surface area contributed by atoms with Crippen molar-refractivity contribution >= 4 is 21.6 Å². The summed E-state index contributed by atoms with van der Waals surface area (Å²) in [4.78, 5) is 12.4. The van der Waals surface area contributed by atoms with Gasteiger partial charge in [0.1, 0.15) is 16.4 Å². The van der Waals surface area contributed by atoms with E-state index in [0.29, 0.717) is 18.8 Å². The third kappa shape index (κ3) is 4.14. The van der Waals surface area contributed by atoms with Crippen LogP contribution in [-0.2, 0) is 10.0 Å². The van der Waals surface area contributed by atoms with Gasteiger partial charge in [0.05, 0.1) is 7.11 Å². The zero-order valence-corrected chi connectivity index (χ0v) is 15.7. The standard InChI is InChI=1S/C18H22N2O5S/c1-4-20(5-2)26(23,24)17-12-13(6-11-16(17)25-3)18(22)19-14-7-9-15(21)10-8-14/h6-12,21H,4-5H2,1-3H3,(H,19,22). The maximum atomic E-state index is 12.8. The Kier molecular flexibility index (Phi) is 6.23. The first-order valence-corrected chi connectivity index (χ1v) is 9.56. The van der Waals surface area contributed by atoms with E-state index in [4.69, 9.17) is 4.74 Å². The summed E-state index contributed by atoms with van der Waals surface area (Å²) in [6.45, 7) is 4.11. The van der Waals surface area contributed by atoms with Gasteiger partial charge in [-0.1, -0.05) is 13.8 Å². The number of hydrogen-bond donors (Lipinski definition) is 2. The minimum absolute atomic E-state index is 0.0537. The normalized spacial score (nSPS) is 11.4. The first-order valence-electron chi connectivity index (χ1n) is 8.12. The van der Waals surface area contributed by atoms with Gasteiger partial charge in [-0.3, -0.25) is 4.79 Å². The van der Waals surface area contributed by atoms with Gasteiger partial charge in [0.2, 0.25) is 10.0 Å². The molecule has 2 N–H and O–H groups in total. The quantitative estimate of drug-likeness (QED) is 0.722. The van der Waals surface area contributed by atoms with Crippen molar-refractivity contribution in [1.82, 2.24) is 4.31 Å². The summed E-state index contributed by atoms with van der Waals surface area (Å²) in [5.41, 5.74) is 0.668. The van der Waals surface area contributed by atoms with E-state index in [0.717, 1.165) is 0 Å². The van der Waals surface area contributed by atoms with Crippen molar-refractivity contribution < 1.29 is 23.1 Å². The van der Waals surface area contributed by atoms with Crippen molar-refractivity contribution in [2.75, 3.05) is 25.5 Å². The summed E-state index contributed by atoms with van der Waals surface area (Å²) in [5.74, 6) is -0.201. The molecule has 0 saturated carbocycles. The molecule has 0 atom stereocenters. The van der Waals surface area contributed by atoms with Crippen molar-refractivity contribution in [2.24, 2.45) is 0 Å². The Morgan fingerprint density at radius 3 is 2.27 bits per heavy atom. The molecule has 7 nitrogen and oxygen atoms in total. The fourth-order valence-electron chi connectivity index (χ4n) is 2.47. The molecular formula is C18H22N2O5S. The second-order valence-corrected chi connectivity index (χ2v) is 7.36. The summed E-state index contributed by atoms with van der Waals surface area (Å²) < 4.78 is 32.1. The van der Waals surface area contributed by atoms with Gasteiger partial charge in [-0.2, -0.15) is 4.31 Å². The molecule has 0 unspecified atom stereocenters. The van der Waals surface area contributed by atoms with E-state index >= 15 is 0 Å². The highest BCUT2D eigenvalue weighted by Crippen LogP contribution is 2.28. The summed E-state index contributed by atoms with van der Waals surface area (Å²) in [7, 11) is -2.40. The Morgan fingerprint density at radius 1 is 1.12 bits per heavy atom. The van der Waals surface area contributed by atoms with Crippen LogP contribution in [0.4, 0.5) is 5.69 Å². The number of rotatable bonds is 7. The number of phenols is 1. The predicted molar refractivity (Wildman–Crippen MR) is 99.2 cm³/mol. The van der Waals surface area contributed by atoms with Crippen molar-refractivity contribution in [2.45, 2.75) is 18.7 Å². The number of phenolic OH excluding ortho intramolecular Hbond substituents is 1. The molecule has 0 radical (unpaired) electrons. The molecule has 0 aliphatic rings. The van der Waals surface area contributed by atoms with E-state index in [1.54, 1.807) is 26.0 Å². The first kappa shape index (κ1) is 19.7. The smallest absolute Gasteiger partial charge is 0.255 e. The molecule has 140 valence electrons. The van der Waals surface area contributed by atoms with E-state index in [2.05, 4.69) is 5.32 Å². The highest BCUT2D eigenvalue weighted by molar-refractivity contribution is 7.89. The van der Waals surface area contributed by atoms with Gasteiger partial charge in [-0.05, 0) is 42.5 Å². The lowest BCUT2D eigenvalue weighted by Crippen LogP contribution is -2.31. The molecule has 0 heterocycles. The van der Waals surface area contributed by atoms with Crippen molar-refractivity contribution in [1.29, 1.82) is 0 Å². The van der Waals surface area contributed by atoms with Crippen molar-refractivity contribution in [3.63, 3.8) is 0 Å². The van der Waals surface area contributed by atoms with Crippen molar-refractivity contribution in [3.8, 4) is 11.5 Å². The van der Waals surface area contributed by atoms with E-state index < -0.39 is 15.9 Å². The molecule has 1 amide bonds. The Balaban J connectivity index is 2.39. The lowest BCUT2D eigenvalue weighted by molar-refractivity contribution is 0.102. The lowest BCUT2D eigenvalue weighted by Gasteiger charge is -2.20. The molecule has 0 aliphatic heterocycles. The number of sulfonamides is 1. The number of methoxy groups -OCH3 is 1. The summed E-state index contributed by atoms with van der Waals surface area (Å²) in [6, 6.07) is 10.2. The molecule has 0 aliphatic carbocycles. The molecule has 0 bridgehead atoms.